The Bertz CT molecular complexity index is 354. The van der Waals surface area contributed by atoms with Gasteiger partial charge in [0.15, 0.2) is 0 Å². The Morgan fingerprint density at radius 3 is 2.73 bits per heavy atom. The molecule has 0 saturated heterocycles. The second-order valence-corrected chi connectivity index (χ2v) is 6.86. The van der Waals surface area contributed by atoms with Gasteiger partial charge in [-0.3, -0.25) is 4.79 Å². The van der Waals surface area contributed by atoms with Crippen molar-refractivity contribution < 1.29 is 4.79 Å². The van der Waals surface area contributed by atoms with Gasteiger partial charge in [0, 0.05) is 13.6 Å². The third kappa shape index (κ3) is 3.55. The third-order valence-corrected chi connectivity index (χ3v) is 4.27. The Morgan fingerprint density at radius 2 is 2.27 bits per heavy atom. The summed E-state index contributed by atoms with van der Waals surface area (Å²) in [5.41, 5.74) is 6.10. The minimum absolute atomic E-state index is 0.0253. The number of halogens is 2. The summed E-state index contributed by atoms with van der Waals surface area (Å²) in [6.07, 6.45) is 0.825. The van der Waals surface area contributed by atoms with Gasteiger partial charge in [-0.15, -0.1) is 11.3 Å². The molecule has 0 radical (unpaired) electrons. The molecular formula is C9H12Br2N2OS. The van der Waals surface area contributed by atoms with Crippen molar-refractivity contribution in [3.63, 3.8) is 0 Å². The molecule has 0 aliphatic rings. The van der Waals surface area contributed by atoms with Gasteiger partial charge in [0.2, 0.25) is 0 Å². The highest BCUT2D eigenvalue weighted by molar-refractivity contribution is 9.12. The fourth-order valence-corrected chi connectivity index (χ4v) is 3.90. The van der Waals surface area contributed by atoms with Gasteiger partial charge in [-0.2, -0.15) is 0 Å². The second-order valence-electron chi connectivity index (χ2n) is 3.11. The number of nitrogens with zero attached hydrogens (tertiary/aromatic N) is 1. The molecule has 0 fully saturated rings. The van der Waals surface area contributed by atoms with Crippen LogP contribution >= 0.6 is 43.2 Å². The van der Waals surface area contributed by atoms with Crippen molar-refractivity contribution in [2.75, 3.05) is 20.1 Å². The number of carbonyl (C=O) groups excluding carboxylic acids is 1. The first-order chi connectivity index (χ1) is 7.06. The quantitative estimate of drug-likeness (QED) is 0.902. The third-order valence-electron chi connectivity index (χ3n) is 1.93. The van der Waals surface area contributed by atoms with Crippen LogP contribution < -0.4 is 5.73 Å². The Morgan fingerprint density at radius 1 is 1.60 bits per heavy atom. The lowest BCUT2D eigenvalue weighted by Gasteiger charge is -2.15. The van der Waals surface area contributed by atoms with Crippen LogP contribution in [0, 0.1) is 0 Å². The average Bonchev–Trinajstić information content (AvgIpc) is 2.53. The van der Waals surface area contributed by atoms with Crippen molar-refractivity contribution in [2.45, 2.75) is 6.42 Å². The van der Waals surface area contributed by atoms with Crippen molar-refractivity contribution in [3.8, 4) is 0 Å². The number of nitrogens with two attached hydrogens (primary N) is 1. The summed E-state index contributed by atoms with van der Waals surface area (Å²) in [6.45, 7) is 1.29. The van der Waals surface area contributed by atoms with Crippen LogP contribution in [0.3, 0.4) is 0 Å². The zero-order chi connectivity index (χ0) is 11.4. The highest BCUT2D eigenvalue weighted by atomic mass is 79.9. The fourth-order valence-electron chi connectivity index (χ4n) is 1.12. The minimum Gasteiger partial charge on any atom is -0.342 e. The van der Waals surface area contributed by atoms with E-state index in [0.717, 1.165) is 14.0 Å². The summed E-state index contributed by atoms with van der Waals surface area (Å²) in [5, 5.41) is 0. The molecule has 6 heteroatoms. The maximum absolute atomic E-state index is 11.9. The monoisotopic (exact) mass is 354 g/mol. The van der Waals surface area contributed by atoms with E-state index in [1.165, 1.54) is 11.3 Å². The number of hydrogen-bond acceptors (Lipinski definition) is 3. The van der Waals surface area contributed by atoms with Gasteiger partial charge in [0.1, 0.15) is 0 Å². The van der Waals surface area contributed by atoms with Crippen LogP contribution in [-0.2, 0) is 0 Å². The maximum Gasteiger partial charge on any atom is 0.255 e. The first kappa shape index (κ1) is 13.2. The minimum atomic E-state index is 0.0253. The van der Waals surface area contributed by atoms with Crippen molar-refractivity contribution in [1.82, 2.24) is 4.90 Å². The number of rotatable bonds is 4. The van der Waals surface area contributed by atoms with Crippen LogP contribution in [0.2, 0.25) is 0 Å². The van der Waals surface area contributed by atoms with Crippen LogP contribution in [0.5, 0.6) is 0 Å². The molecule has 15 heavy (non-hydrogen) atoms. The molecule has 0 atom stereocenters. The molecule has 0 unspecified atom stereocenters. The number of carbonyl (C=O) groups is 1. The fraction of sp³-hybridized carbons (Fsp3) is 0.444. The molecular weight excluding hydrogens is 344 g/mol. The molecule has 84 valence electrons. The highest BCUT2D eigenvalue weighted by Gasteiger charge is 2.16. The van der Waals surface area contributed by atoms with Crippen molar-refractivity contribution in [1.29, 1.82) is 0 Å². The van der Waals surface area contributed by atoms with Gasteiger partial charge in [0.05, 0.1) is 13.1 Å². The summed E-state index contributed by atoms with van der Waals surface area (Å²) in [5.74, 6) is 0.0253. The topological polar surface area (TPSA) is 46.3 Å². The van der Waals surface area contributed by atoms with Gasteiger partial charge in [0.25, 0.3) is 5.91 Å². The normalized spacial score (nSPS) is 10.4. The average molecular weight is 356 g/mol. The van der Waals surface area contributed by atoms with E-state index in [1.807, 2.05) is 6.07 Å². The molecule has 3 nitrogen and oxygen atoms in total. The second kappa shape index (κ2) is 5.98. The molecule has 0 bridgehead atoms. The number of hydrogen-bond donors (Lipinski definition) is 1. The largest absolute Gasteiger partial charge is 0.342 e. The predicted octanol–water partition coefficient (Wildman–Crippen LogP) is 2.69. The first-order valence-corrected chi connectivity index (χ1v) is 6.87. The highest BCUT2D eigenvalue weighted by Crippen LogP contribution is 2.32. The van der Waals surface area contributed by atoms with Gasteiger partial charge in [-0.05, 0) is 50.9 Å². The van der Waals surface area contributed by atoms with Crippen LogP contribution in [0.15, 0.2) is 13.6 Å². The van der Waals surface area contributed by atoms with Gasteiger partial charge < -0.3 is 10.6 Å². The van der Waals surface area contributed by atoms with E-state index < -0.39 is 0 Å². The Hall–Kier alpha value is 0.0900. The summed E-state index contributed by atoms with van der Waals surface area (Å²) in [4.78, 5) is 13.6. The van der Waals surface area contributed by atoms with Gasteiger partial charge in [-0.1, -0.05) is 0 Å². The number of amides is 1. The lowest BCUT2D eigenvalue weighted by molar-refractivity contribution is 0.0794. The van der Waals surface area contributed by atoms with Crippen LogP contribution in [0.1, 0.15) is 16.8 Å². The predicted molar refractivity (Wildman–Crippen MR) is 70.4 cm³/mol. The molecule has 0 aliphatic carbocycles. The molecule has 1 aromatic rings. The summed E-state index contributed by atoms with van der Waals surface area (Å²) >= 11 is 8.22. The molecule has 2 N–H and O–H groups in total. The molecule has 0 aromatic carbocycles. The van der Waals surface area contributed by atoms with E-state index in [0.29, 0.717) is 18.7 Å². The Kier molecular flexibility index (Phi) is 5.25. The van der Waals surface area contributed by atoms with E-state index in [4.69, 9.17) is 5.73 Å². The lowest BCUT2D eigenvalue weighted by atomic mass is 10.3. The molecule has 1 rings (SSSR count). The Balaban J connectivity index is 2.71. The van der Waals surface area contributed by atoms with E-state index >= 15 is 0 Å². The SMILES string of the molecule is CN(CCCN)C(=O)c1cc(Br)sc1Br. The van der Waals surface area contributed by atoms with Crippen molar-refractivity contribution in [3.05, 3.63) is 19.2 Å². The van der Waals surface area contributed by atoms with E-state index in [2.05, 4.69) is 31.9 Å². The zero-order valence-electron chi connectivity index (χ0n) is 8.30. The molecule has 0 aliphatic heterocycles. The van der Waals surface area contributed by atoms with Crippen LogP contribution in [-0.4, -0.2) is 30.9 Å². The smallest absolute Gasteiger partial charge is 0.255 e. The number of thiophene rings is 1. The molecule has 1 aromatic heterocycles. The molecule has 1 heterocycles. The standard InChI is InChI=1S/C9H12Br2N2OS/c1-13(4-2-3-12)9(14)6-5-7(10)15-8(6)11/h5H,2-4,12H2,1H3. The van der Waals surface area contributed by atoms with Gasteiger partial charge >= 0.3 is 0 Å². The summed E-state index contributed by atoms with van der Waals surface area (Å²) in [6, 6.07) is 1.83. The van der Waals surface area contributed by atoms with E-state index in [1.54, 1.807) is 11.9 Å². The molecule has 1 amide bonds. The lowest BCUT2D eigenvalue weighted by Crippen LogP contribution is -2.28. The van der Waals surface area contributed by atoms with Crippen LogP contribution in [0.25, 0.3) is 0 Å². The van der Waals surface area contributed by atoms with Gasteiger partial charge in [-0.25, -0.2) is 0 Å². The molecule has 0 spiro atoms. The van der Waals surface area contributed by atoms with E-state index in [-0.39, 0.29) is 5.91 Å². The summed E-state index contributed by atoms with van der Waals surface area (Å²) < 4.78 is 1.81. The Labute approximate surface area is 110 Å². The zero-order valence-corrected chi connectivity index (χ0v) is 12.3. The summed E-state index contributed by atoms with van der Waals surface area (Å²) in [7, 11) is 1.79. The van der Waals surface area contributed by atoms with Crippen molar-refractivity contribution in [2.24, 2.45) is 5.73 Å². The molecule has 0 saturated carbocycles. The first-order valence-electron chi connectivity index (χ1n) is 4.46. The maximum atomic E-state index is 11.9. The van der Waals surface area contributed by atoms with Crippen LogP contribution in [0.4, 0.5) is 0 Å². The van der Waals surface area contributed by atoms with Crippen molar-refractivity contribution >= 4 is 49.1 Å². The van der Waals surface area contributed by atoms with E-state index in [9.17, 15) is 4.79 Å².